The molecular formula is C16H16N2O3. The number of amides is 1. The first kappa shape index (κ1) is 13.7. The van der Waals surface area contributed by atoms with Crippen molar-refractivity contribution in [3.8, 4) is 0 Å². The summed E-state index contributed by atoms with van der Waals surface area (Å²) in [7, 11) is 0. The number of benzene rings is 1. The quantitative estimate of drug-likeness (QED) is 0.902. The molecule has 1 aliphatic heterocycles. The predicted molar refractivity (Wildman–Crippen MR) is 77.6 cm³/mol. The fraction of sp³-hybridized carbons (Fsp3) is 0.250. The highest BCUT2D eigenvalue weighted by molar-refractivity contribution is 5.95. The highest BCUT2D eigenvalue weighted by atomic mass is 16.5. The van der Waals surface area contributed by atoms with Crippen LogP contribution in [0.4, 0.5) is 5.69 Å². The topological polar surface area (TPSA) is 71.5 Å². The first-order valence-electron chi connectivity index (χ1n) is 6.83. The number of hydrogen-bond acceptors (Lipinski definition) is 4. The predicted octanol–water partition coefficient (Wildman–Crippen LogP) is 1.83. The lowest BCUT2D eigenvalue weighted by Gasteiger charge is -2.25. The van der Waals surface area contributed by atoms with E-state index < -0.39 is 6.10 Å². The Morgan fingerprint density at radius 2 is 2.24 bits per heavy atom. The molecule has 1 aromatic heterocycles. The van der Waals surface area contributed by atoms with E-state index in [9.17, 15) is 9.90 Å². The molecule has 1 amide bonds. The Balaban J connectivity index is 1.84. The second-order valence-corrected chi connectivity index (χ2v) is 4.88. The molecule has 0 unspecified atom stereocenters. The number of hydrogen-bond donors (Lipinski definition) is 2. The van der Waals surface area contributed by atoms with Gasteiger partial charge in [0.25, 0.3) is 5.91 Å². The van der Waals surface area contributed by atoms with Crippen LogP contribution in [0.1, 0.15) is 22.8 Å². The molecule has 0 saturated heterocycles. The summed E-state index contributed by atoms with van der Waals surface area (Å²) < 4.78 is 5.62. The second kappa shape index (κ2) is 6.03. The minimum Gasteiger partial charge on any atom is -0.392 e. The number of anilines is 1. The van der Waals surface area contributed by atoms with Gasteiger partial charge in [-0.25, -0.2) is 0 Å². The summed E-state index contributed by atoms with van der Waals surface area (Å²) >= 11 is 0. The van der Waals surface area contributed by atoms with Gasteiger partial charge in [0.15, 0.2) is 6.10 Å². The van der Waals surface area contributed by atoms with Gasteiger partial charge in [0.1, 0.15) is 0 Å². The van der Waals surface area contributed by atoms with Crippen molar-refractivity contribution in [1.29, 1.82) is 0 Å². The van der Waals surface area contributed by atoms with Gasteiger partial charge >= 0.3 is 0 Å². The molecule has 2 N–H and O–H groups in total. The number of carbonyl (C=O) groups is 1. The van der Waals surface area contributed by atoms with Crippen molar-refractivity contribution in [3.05, 3.63) is 59.4 Å². The van der Waals surface area contributed by atoms with Crippen molar-refractivity contribution in [2.24, 2.45) is 0 Å². The third-order valence-electron chi connectivity index (χ3n) is 3.57. The van der Waals surface area contributed by atoms with Crippen molar-refractivity contribution in [2.45, 2.75) is 19.1 Å². The fourth-order valence-electron chi connectivity index (χ4n) is 2.48. The van der Waals surface area contributed by atoms with E-state index >= 15 is 0 Å². The van der Waals surface area contributed by atoms with Crippen molar-refractivity contribution < 1.29 is 14.6 Å². The van der Waals surface area contributed by atoms with Gasteiger partial charge in [-0.2, -0.15) is 0 Å². The Morgan fingerprint density at radius 1 is 1.38 bits per heavy atom. The van der Waals surface area contributed by atoms with Crippen LogP contribution in [-0.2, 0) is 22.6 Å². The number of aliphatic hydroxyl groups is 1. The maximum Gasteiger partial charge on any atom is 0.258 e. The van der Waals surface area contributed by atoms with Gasteiger partial charge in [-0.1, -0.05) is 24.3 Å². The Morgan fingerprint density at radius 3 is 3.10 bits per heavy atom. The summed E-state index contributed by atoms with van der Waals surface area (Å²) in [6.07, 6.45) is 3.29. The molecule has 2 heterocycles. The van der Waals surface area contributed by atoms with Gasteiger partial charge in [0.05, 0.1) is 25.1 Å². The van der Waals surface area contributed by atoms with Crippen molar-refractivity contribution in [3.63, 3.8) is 0 Å². The summed E-state index contributed by atoms with van der Waals surface area (Å²) in [5.74, 6) is -0.246. The van der Waals surface area contributed by atoms with Crippen LogP contribution in [0.25, 0.3) is 0 Å². The molecule has 0 radical (unpaired) electrons. The number of aliphatic hydroxyl groups excluding tert-OH is 1. The van der Waals surface area contributed by atoms with Gasteiger partial charge in [-0.05, 0) is 23.6 Å². The molecule has 5 heteroatoms. The summed E-state index contributed by atoms with van der Waals surface area (Å²) in [5, 5.41) is 12.1. The van der Waals surface area contributed by atoms with Crippen LogP contribution < -0.4 is 5.32 Å². The summed E-state index contributed by atoms with van der Waals surface area (Å²) in [5.41, 5.74) is 3.17. The third kappa shape index (κ3) is 2.79. The number of fused-ring (bicyclic) bond motifs is 1. The maximum atomic E-state index is 12.5. The average Bonchev–Trinajstić information content (AvgIpc) is 2.54. The number of aromatic nitrogens is 1. The largest absolute Gasteiger partial charge is 0.392 e. The zero-order valence-corrected chi connectivity index (χ0v) is 11.5. The van der Waals surface area contributed by atoms with Crippen LogP contribution >= 0.6 is 0 Å². The number of rotatable bonds is 3. The van der Waals surface area contributed by atoms with Crippen LogP contribution in [0, 0.1) is 0 Å². The Labute approximate surface area is 122 Å². The van der Waals surface area contributed by atoms with E-state index in [4.69, 9.17) is 4.74 Å². The van der Waals surface area contributed by atoms with Gasteiger partial charge in [-0.3, -0.25) is 9.78 Å². The average molecular weight is 284 g/mol. The van der Waals surface area contributed by atoms with E-state index in [1.54, 1.807) is 12.3 Å². The lowest BCUT2D eigenvalue weighted by atomic mass is 9.97. The molecule has 1 aromatic carbocycles. The first-order chi connectivity index (χ1) is 10.3. The molecular weight excluding hydrogens is 268 g/mol. The molecule has 1 aliphatic rings. The molecule has 1 atom stereocenters. The fourth-order valence-corrected chi connectivity index (χ4v) is 2.48. The van der Waals surface area contributed by atoms with Crippen molar-refractivity contribution >= 4 is 11.6 Å². The molecule has 0 fully saturated rings. The summed E-state index contributed by atoms with van der Waals surface area (Å²) in [6.45, 7) is 0.370. The lowest BCUT2D eigenvalue weighted by Crippen LogP contribution is -2.28. The molecule has 3 rings (SSSR count). The van der Waals surface area contributed by atoms with Crippen LogP contribution in [0.2, 0.25) is 0 Å². The zero-order valence-electron chi connectivity index (χ0n) is 11.5. The standard InChI is InChI=1S/C16H16N2O3/c19-10-12-5-7-17-9-14(12)18-16(20)15-13-4-2-1-3-11(13)6-8-21-15/h1-5,7,9,15,19H,6,8,10H2,(H,18,20)/t15-/m1/s1. The molecule has 0 bridgehead atoms. The Bertz CT molecular complexity index is 657. The lowest BCUT2D eigenvalue weighted by molar-refractivity contribution is -0.128. The number of pyridine rings is 1. The molecule has 0 aliphatic carbocycles. The highest BCUT2D eigenvalue weighted by Crippen LogP contribution is 2.28. The van der Waals surface area contributed by atoms with Crippen LogP contribution in [0.5, 0.6) is 0 Å². The normalized spacial score (nSPS) is 17.1. The van der Waals surface area contributed by atoms with Crippen LogP contribution in [-0.4, -0.2) is 22.6 Å². The van der Waals surface area contributed by atoms with Crippen LogP contribution in [0.3, 0.4) is 0 Å². The van der Waals surface area contributed by atoms with Gasteiger partial charge in [0, 0.05) is 11.8 Å². The molecule has 0 saturated carbocycles. The van der Waals surface area contributed by atoms with E-state index in [2.05, 4.69) is 10.3 Å². The SMILES string of the molecule is O=C(Nc1cnccc1CO)[C@@H]1OCCc2ccccc21. The van der Waals surface area contributed by atoms with Gasteiger partial charge in [0.2, 0.25) is 0 Å². The monoisotopic (exact) mass is 284 g/mol. The molecule has 2 aromatic rings. The molecule has 21 heavy (non-hydrogen) atoms. The van der Waals surface area contributed by atoms with Crippen molar-refractivity contribution in [1.82, 2.24) is 4.98 Å². The number of ether oxygens (including phenoxy) is 1. The van der Waals surface area contributed by atoms with E-state index in [-0.39, 0.29) is 12.5 Å². The molecule has 108 valence electrons. The summed E-state index contributed by atoms with van der Waals surface area (Å²) in [6, 6.07) is 9.46. The Hall–Kier alpha value is -2.24. The van der Waals surface area contributed by atoms with Gasteiger partial charge < -0.3 is 15.2 Å². The minimum atomic E-state index is -0.623. The second-order valence-electron chi connectivity index (χ2n) is 4.88. The number of carbonyl (C=O) groups excluding carboxylic acids is 1. The van der Waals surface area contributed by atoms with E-state index in [1.807, 2.05) is 24.3 Å². The summed E-state index contributed by atoms with van der Waals surface area (Å²) in [4.78, 5) is 16.4. The van der Waals surface area contributed by atoms with Gasteiger partial charge in [-0.15, -0.1) is 0 Å². The zero-order chi connectivity index (χ0) is 14.7. The van der Waals surface area contributed by atoms with Crippen LogP contribution in [0.15, 0.2) is 42.7 Å². The van der Waals surface area contributed by atoms with Crippen molar-refractivity contribution in [2.75, 3.05) is 11.9 Å². The van der Waals surface area contributed by atoms with E-state index in [1.165, 1.54) is 6.20 Å². The number of nitrogens with zero attached hydrogens (tertiary/aromatic N) is 1. The van der Waals surface area contributed by atoms with E-state index in [0.29, 0.717) is 17.9 Å². The Kier molecular flexibility index (Phi) is 3.94. The minimum absolute atomic E-state index is 0.153. The third-order valence-corrected chi connectivity index (χ3v) is 3.57. The molecule has 5 nitrogen and oxygen atoms in total. The number of nitrogens with one attached hydrogen (secondary N) is 1. The van der Waals surface area contributed by atoms with E-state index in [0.717, 1.165) is 17.5 Å². The maximum absolute atomic E-state index is 12.5. The molecule has 0 spiro atoms. The highest BCUT2D eigenvalue weighted by Gasteiger charge is 2.27. The first-order valence-corrected chi connectivity index (χ1v) is 6.83. The smallest absolute Gasteiger partial charge is 0.258 e.